The summed E-state index contributed by atoms with van der Waals surface area (Å²) in [6.07, 6.45) is 0.952. The zero-order valence-electron chi connectivity index (χ0n) is 13.9. The van der Waals surface area contributed by atoms with Crippen LogP contribution in [0.1, 0.15) is 32.7 Å². The Hall–Kier alpha value is -1.92. The fourth-order valence-corrected chi connectivity index (χ4v) is 3.30. The molecule has 1 aromatic carbocycles. The first-order valence-corrected chi connectivity index (χ1v) is 7.90. The molecular weight excluding hydrogens is 330 g/mol. The van der Waals surface area contributed by atoms with E-state index in [2.05, 4.69) is 5.32 Å². The Morgan fingerprint density at radius 2 is 1.96 bits per heavy atom. The molecule has 1 N–H and O–H groups in total. The van der Waals surface area contributed by atoms with Crippen LogP contribution < -0.4 is 5.32 Å². The Bertz CT molecular complexity index is 677. The van der Waals surface area contributed by atoms with Gasteiger partial charge in [-0.25, -0.2) is 0 Å². The predicted octanol–water partition coefficient (Wildman–Crippen LogP) is 1.08. The molecule has 0 aliphatic carbocycles. The quantitative estimate of drug-likeness (QED) is 0.824. The highest BCUT2D eigenvalue weighted by atomic mass is 35.5. The number of imide groups is 1. The Balaban J connectivity index is 0.00000208. The summed E-state index contributed by atoms with van der Waals surface area (Å²) >= 11 is 0. The fourth-order valence-electron chi connectivity index (χ4n) is 3.30. The Morgan fingerprint density at radius 3 is 2.67 bits per heavy atom. The molecule has 3 amide bonds. The average molecular weight is 352 g/mol. The summed E-state index contributed by atoms with van der Waals surface area (Å²) < 4.78 is 0. The molecule has 0 saturated carbocycles. The third kappa shape index (κ3) is 3.30. The Labute approximate surface area is 147 Å². The van der Waals surface area contributed by atoms with Crippen LogP contribution in [-0.4, -0.2) is 60.7 Å². The monoisotopic (exact) mass is 351 g/mol. The summed E-state index contributed by atoms with van der Waals surface area (Å²) in [6, 6.07) is 5.17. The SMILES string of the molecule is CNCC1CCN(C(=O)CN2C(=O)c3ccc(C)cc3C2=O)C1.Cl. The van der Waals surface area contributed by atoms with Gasteiger partial charge in [-0.1, -0.05) is 11.6 Å². The number of carbonyl (C=O) groups is 3. The summed E-state index contributed by atoms with van der Waals surface area (Å²) in [6.45, 7) is 3.95. The predicted molar refractivity (Wildman–Crippen MR) is 92.4 cm³/mol. The van der Waals surface area contributed by atoms with Gasteiger partial charge in [-0.3, -0.25) is 19.3 Å². The Morgan fingerprint density at radius 1 is 1.25 bits per heavy atom. The summed E-state index contributed by atoms with van der Waals surface area (Å²) in [4.78, 5) is 40.0. The molecule has 1 fully saturated rings. The van der Waals surface area contributed by atoms with Gasteiger partial charge in [-0.2, -0.15) is 0 Å². The van der Waals surface area contributed by atoms with Crippen LogP contribution in [0.15, 0.2) is 18.2 Å². The van der Waals surface area contributed by atoms with Gasteiger partial charge < -0.3 is 10.2 Å². The highest BCUT2D eigenvalue weighted by Gasteiger charge is 2.38. The molecule has 3 rings (SSSR count). The second-order valence-electron chi connectivity index (χ2n) is 6.30. The molecule has 1 saturated heterocycles. The summed E-state index contributed by atoms with van der Waals surface area (Å²) in [5.41, 5.74) is 1.72. The van der Waals surface area contributed by atoms with E-state index in [-0.39, 0.29) is 36.7 Å². The van der Waals surface area contributed by atoms with Gasteiger partial charge in [0, 0.05) is 13.1 Å². The maximum Gasteiger partial charge on any atom is 0.262 e. The van der Waals surface area contributed by atoms with Crippen molar-refractivity contribution >= 4 is 30.1 Å². The molecule has 1 aromatic rings. The summed E-state index contributed by atoms with van der Waals surface area (Å²) in [7, 11) is 1.89. The molecule has 0 radical (unpaired) electrons. The third-order valence-electron chi connectivity index (χ3n) is 4.55. The number of benzene rings is 1. The van der Waals surface area contributed by atoms with E-state index in [1.54, 1.807) is 23.1 Å². The van der Waals surface area contributed by atoms with E-state index in [9.17, 15) is 14.4 Å². The molecule has 2 aliphatic heterocycles. The van der Waals surface area contributed by atoms with Gasteiger partial charge in [0.05, 0.1) is 11.1 Å². The van der Waals surface area contributed by atoms with Crippen molar-refractivity contribution in [3.05, 3.63) is 34.9 Å². The average Bonchev–Trinajstić information content (AvgIpc) is 3.07. The molecule has 2 heterocycles. The van der Waals surface area contributed by atoms with Crippen molar-refractivity contribution in [2.75, 3.05) is 33.2 Å². The van der Waals surface area contributed by atoms with Crippen molar-refractivity contribution in [3.63, 3.8) is 0 Å². The van der Waals surface area contributed by atoms with Crippen molar-refractivity contribution < 1.29 is 14.4 Å². The third-order valence-corrected chi connectivity index (χ3v) is 4.55. The number of carbonyl (C=O) groups excluding carboxylic acids is 3. The van der Waals surface area contributed by atoms with E-state index < -0.39 is 0 Å². The van der Waals surface area contributed by atoms with Crippen LogP contribution in [0.2, 0.25) is 0 Å². The molecule has 130 valence electrons. The molecule has 7 heteroatoms. The van der Waals surface area contributed by atoms with Crippen molar-refractivity contribution in [2.45, 2.75) is 13.3 Å². The molecular formula is C17H22ClN3O3. The van der Waals surface area contributed by atoms with Gasteiger partial charge in [0.15, 0.2) is 0 Å². The molecule has 1 unspecified atom stereocenters. The van der Waals surface area contributed by atoms with Gasteiger partial charge in [0.2, 0.25) is 5.91 Å². The lowest BCUT2D eigenvalue weighted by atomic mass is 10.1. The number of fused-ring (bicyclic) bond motifs is 1. The molecule has 6 nitrogen and oxygen atoms in total. The smallest absolute Gasteiger partial charge is 0.262 e. The minimum absolute atomic E-state index is 0. The highest BCUT2D eigenvalue weighted by molar-refractivity contribution is 6.22. The van der Waals surface area contributed by atoms with Crippen LogP contribution in [-0.2, 0) is 4.79 Å². The lowest BCUT2D eigenvalue weighted by molar-refractivity contribution is -0.130. The van der Waals surface area contributed by atoms with Crippen LogP contribution in [0.3, 0.4) is 0 Å². The maximum absolute atomic E-state index is 12.4. The van der Waals surface area contributed by atoms with E-state index in [1.165, 1.54) is 0 Å². The second-order valence-corrected chi connectivity index (χ2v) is 6.30. The van der Waals surface area contributed by atoms with Crippen molar-refractivity contribution in [3.8, 4) is 0 Å². The van der Waals surface area contributed by atoms with Crippen LogP contribution in [0.5, 0.6) is 0 Å². The first-order chi connectivity index (χ1) is 11.0. The van der Waals surface area contributed by atoms with E-state index in [0.717, 1.165) is 23.4 Å². The lowest BCUT2D eigenvalue weighted by Gasteiger charge is -2.20. The van der Waals surface area contributed by atoms with Crippen LogP contribution in [0, 0.1) is 12.8 Å². The van der Waals surface area contributed by atoms with Gasteiger partial charge in [0.1, 0.15) is 6.54 Å². The van der Waals surface area contributed by atoms with Gasteiger partial charge in [0.25, 0.3) is 11.8 Å². The number of hydrogen-bond donors (Lipinski definition) is 1. The number of nitrogens with one attached hydrogen (secondary N) is 1. The molecule has 24 heavy (non-hydrogen) atoms. The van der Waals surface area contributed by atoms with Crippen molar-refractivity contribution in [2.24, 2.45) is 5.92 Å². The van der Waals surface area contributed by atoms with E-state index in [4.69, 9.17) is 0 Å². The lowest BCUT2D eigenvalue weighted by Crippen LogP contribution is -2.42. The molecule has 0 aromatic heterocycles. The van der Waals surface area contributed by atoms with E-state index in [1.807, 2.05) is 14.0 Å². The zero-order valence-corrected chi connectivity index (χ0v) is 14.7. The number of nitrogens with zero attached hydrogens (tertiary/aromatic N) is 2. The standard InChI is InChI=1S/C17H21N3O3.ClH/c1-11-3-4-13-14(7-11)17(23)20(16(13)22)10-15(21)19-6-5-12(9-19)8-18-2;/h3-4,7,12,18H,5-6,8-10H2,1-2H3;1H. The second kappa shape index (κ2) is 7.32. The van der Waals surface area contributed by atoms with Gasteiger partial charge in [-0.05, 0) is 45.0 Å². The normalized spacial score (nSPS) is 19.5. The number of hydrogen-bond acceptors (Lipinski definition) is 4. The van der Waals surface area contributed by atoms with Gasteiger partial charge in [-0.15, -0.1) is 12.4 Å². The summed E-state index contributed by atoms with van der Waals surface area (Å²) in [5, 5.41) is 3.12. The van der Waals surface area contributed by atoms with Crippen LogP contribution in [0.25, 0.3) is 0 Å². The van der Waals surface area contributed by atoms with Crippen LogP contribution >= 0.6 is 12.4 Å². The summed E-state index contributed by atoms with van der Waals surface area (Å²) in [5.74, 6) is -0.457. The first kappa shape index (κ1) is 18.4. The number of likely N-dealkylation sites (tertiary alicyclic amines) is 1. The minimum atomic E-state index is -0.371. The topological polar surface area (TPSA) is 69.7 Å². The number of aryl methyl sites for hydroxylation is 1. The van der Waals surface area contributed by atoms with Crippen LogP contribution in [0.4, 0.5) is 0 Å². The number of rotatable bonds is 4. The molecule has 0 spiro atoms. The highest BCUT2D eigenvalue weighted by Crippen LogP contribution is 2.24. The molecule has 1 atom stereocenters. The zero-order chi connectivity index (χ0) is 16.6. The number of amides is 3. The van der Waals surface area contributed by atoms with Crippen molar-refractivity contribution in [1.82, 2.24) is 15.1 Å². The van der Waals surface area contributed by atoms with E-state index >= 15 is 0 Å². The van der Waals surface area contributed by atoms with Crippen molar-refractivity contribution in [1.29, 1.82) is 0 Å². The van der Waals surface area contributed by atoms with Gasteiger partial charge >= 0.3 is 0 Å². The van der Waals surface area contributed by atoms with E-state index in [0.29, 0.717) is 30.1 Å². The molecule has 2 aliphatic rings. The number of halogens is 1. The molecule has 0 bridgehead atoms. The first-order valence-electron chi connectivity index (χ1n) is 7.90. The Kier molecular flexibility index (Phi) is 5.62. The fraction of sp³-hybridized carbons (Fsp3) is 0.471. The maximum atomic E-state index is 12.4. The largest absolute Gasteiger partial charge is 0.341 e. The minimum Gasteiger partial charge on any atom is -0.341 e.